The molecule has 0 aliphatic rings. The highest BCUT2D eigenvalue weighted by Gasteiger charge is 2.34. The predicted octanol–water partition coefficient (Wildman–Crippen LogP) is 4.64. The van der Waals surface area contributed by atoms with Crippen molar-refractivity contribution in [3.8, 4) is 11.8 Å². The summed E-state index contributed by atoms with van der Waals surface area (Å²) in [6, 6.07) is 21.6. The number of anilines is 1. The molecule has 162 valence electrons. The van der Waals surface area contributed by atoms with E-state index in [0.29, 0.717) is 21.2 Å². The van der Waals surface area contributed by atoms with Gasteiger partial charge in [-0.2, -0.15) is 9.57 Å². The van der Waals surface area contributed by atoms with E-state index in [4.69, 9.17) is 4.74 Å². The monoisotopic (exact) mass is 446 g/mol. The van der Waals surface area contributed by atoms with Crippen LogP contribution in [0.25, 0.3) is 6.08 Å². The number of benzene rings is 3. The molecule has 0 bridgehead atoms. The Morgan fingerprint density at radius 2 is 1.66 bits per heavy atom. The van der Waals surface area contributed by atoms with Gasteiger partial charge in [-0.25, -0.2) is 8.42 Å². The molecule has 7 heteroatoms. The number of carbonyl (C=O) groups is 1. The molecule has 0 aliphatic heterocycles. The number of sulfonamides is 1. The maximum absolute atomic E-state index is 13.6. The lowest BCUT2D eigenvalue weighted by Gasteiger charge is -2.24. The zero-order valence-electron chi connectivity index (χ0n) is 17.9. The van der Waals surface area contributed by atoms with Gasteiger partial charge in [0.15, 0.2) is 0 Å². The Balaban J connectivity index is 2.23. The lowest BCUT2D eigenvalue weighted by molar-refractivity contribution is -0.113. The number of hydrogen-bond acceptors (Lipinski definition) is 5. The Morgan fingerprint density at radius 3 is 2.31 bits per heavy atom. The molecule has 3 rings (SSSR count). The van der Waals surface area contributed by atoms with Crippen LogP contribution in [0, 0.1) is 25.2 Å². The summed E-state index contributed by atoms with van der Waals surface area (Å²) in [6.45, 7) is 3.52. The van der Waals surface area contributed by atoms with E-state index in [1.807, 2.05) is 12.1 Å². The number of aryl methyl sites for hydroxylation is 2. The smallest absolute Gasteiger partial charge is 0.282 e. The minimum absolute atomic E-state index is 0.0520. The van der Waals surface area contributed by atoms with E-state index >= 15 is 0 Å². The minimum Gasteiger partial charge on any atom is -0.496 e. The molecule has 0 saturated carbocycles. The SMILES string of the molecule is COc1ccccc1/C=C(\C#N)C(=O)N(c1cc(C)ccc1C)S(=O)(=O)c1ccccc1. The van der Waals surface area contributed by atoms with Crippen molar-refractivity contribution in [2.75, 3.05) is 11.4 Å². The van der Waals surface area contributed by atoms with Crippen molar-refractivity contribution in [1.82, 2.24) is 0 Å². The molecule has 1 amide bonds. The lowest BCUT2D eigenvalue weighted by atomic mass is 10.1. The molecule has 3 aromatic rings. The van der Waals surface area contributed by atoms with Gasteiger partial charge in [0.25, 0.3) is 15.9 Å². The zero-order chi connectivity index (χ0) is 23.3. The van der Waals surface area contributed by atoms with E-state index in [2.05, 4.69) is 0 Å². The average molecular weight is 447 g/mol. The molecular formula is C25H22N2O4S. The topological polar surface area (TPSA) is 87.5 Å². The molecule has 0 N–H and O–H groups in total. The normalized spacial score (nSPS) is 11.5. The molecule has 0 aromatic heterocycles. The summed E-state index contributed by atoms with van der Waals surface area (Å²) in [5.74, 6) is -0.492. The fourth-order valence-electron chi connectivity index (χ4n) is 3.18. The van der Waals surface area contributed by atoms with Crippen molar-refractivity contribution in [2.45, 2.75) is 18.7 Å². The fraction of sp³-hybridized carbons (Fsp3) is 0.120. The summed E-state index contributed by atoms with van der Waals surface area (Å²) in [7, 11) is -2.82. The second-order valence-electron chi connectivity index (χ2n) is 7.09. The van der Waals surface area contributed by atoms with Crippen molar-refractivity contribution in [1.29, 1.82) is 5.26 Å². The molecule has 0 aliphatic carbocycles. The van der Waals surface area contributed by atoms with Crippen LogP contribution in [0.15, 0.2) is 83.3 Å². The van der Waals surface area contributed by atoms with Crippen LogP contribution in [-0.2, 0) is 14.8 Å². The van der Waals surface area contributed by atoms with Gasteiger partial charge in [0.05, 0.1) is 17.7 Å². The largest absolute Gasteiger partial charge is 0.496 e. The van der Waals surface area contributed by atoms with Crippen LogP contribution in [0.2, 0.25) is 0 Å². The van der Waals surface area contributed by atoms with Crippen LogP contribution in [0.4, 0.5) is 5.69 Å². The fourth-order valence-corrected chi connectivity index (χ4v) is 4.66. The third-order valence-corrected chi connectivity index (χ3v) is 6.55. The number of nitriles is 1. The predicted molar refractivity (Wildman–Crippen MR) is 124 cm³/mol. The first-order valence-electron chi connectivity index (χ1n) is 9.76. The van der Waals surface area contributed by atoms with Crippen molar-refractivity contribution in [3.63, 3.8) is 0 Å². The summed E-state index contributed by atoms with van der Waals surface area (Å²) >= 11 is 0. The number of methoxy groups -OCH3 is 1. The minimum atomic E-state index is -4.30. The average Bonchev–Trinajstić information content (AvgIpc) is 2.80. The quantitative estimate of drug-likeness (QED) is 0.407. The number of rotatable bonds is 6. The summed E-state index contributed by atoms with van der Waals surface area (Å²) in [6.07, 6.45) is 1.33. The van der Waals surface area contributed by atoms with Crippen molar-refractivity contribution >= 4 is 27.7 Å². The van der Waals surface area contributed by atoms with Crippen LogP contribution in [0.1, 0.15) is 16.7 Å². The molecular weight excluding hydrogens is 424 g/mol. The van der Waals surface area contributed by atoms with Crippen molar-refractivity contribution < 1.29 is 17.9 Å². The Hall–Kier alpha value is -3.89. The molecule has 3 aromatic carbocycles. The van der Waals surface area contributed by atoms with Gasteiger partial charge in [-0.15, -0.1) is 0 Å². The molecule has 0 saturated heterocycles. The van der Waals surface area contributed by atoms with Gasteiger partial charge in [0.2, 0.25) is 0 Å². The van der Waals surface area contributed by atoms with Gasteiger partial charge in [-0.1, -0.05) is 48.5 Å². The second-order valence-corrected chi connectivity index (χ2v) is 8.88. The van der Waals surface area contributed by atoms with E-state index in [1.54, 1.807) is 68.4 Å². The van der Waals surface area contributed by atoms with Crippen molar-refractivity contribution in [2.24, 2.45) is 0 Å². The van der Waals surface area contributed by atoms with E-state index in [0.717, 1.165) is 5.56 Å². The molecule has 0 fully saturated rings. The Bertz CT molecular complexity index is 1320. The van der Waals surface area contributed by atoms with Crippen LogP contribution in [0.3, 0.4) is 0 Å². The van der Waals surface area contributed by atoms with Gasteiger partial charge in [0.1, 0.15) is 17.4 Å². The Labute approximate surface area is 188 Å². The number of amides is 1. The first-order chi connectivity index (χ1) is 15.3. The molecule has 6 nitrogen and oxygen atoms in total. The zero-order valence-corrected chi connectivity index (χ0v) is 18.8. The highest BCUT2D eigenvalue weighted by molar-refractivity contribution is 7.93. The lowest BCUT2D eigenvalue weighted by Crippen LogP contribution is -2.38. The number of ether oxygens (including phenoxy) is 1. The third kappa shape index (κ3) is 4.56. The standard InChI is InChI=1S/C25H22N2O4S/c1-18-13-14-19(2)23(15-18)27(32(29,30)22-10-5-4-6-11-22)25(28)21(17-26)16-20-9-7-8-12-24(20)31-3/h4-16H,1-3H3/b21-16+. The van der Waals surface area contributed by atoms with Gasteiger partial charge >= 0.3 is 0 Å². The molecule has 0 unspecified atom stereocenters. The first kappa shape index (κ1) is 22.8. The first-order valence-corrected chi connectivity index (χ1v) is 11.2. The van der Waals surface area contributed by atoms with Crippen LogP contribution in [0.5, 0.6) is 5.75 Å². The molecule has 0 radical (unpaired) electrons. The maximum atomic E-state index is 13.6. The van der Waals surface area contributed by atoms with Gasteiger partial charge < -0.3 is 4.74 Å². The van der Waals surface area contributed by atoms with Gasteiger partial charge in [0, 0.05) is 5.56 Å². The third-order valence-electron chi connectivity index (χ3n) is 4.84. The van der Waals surface area contributed by atoms with Crippen LogP contribution < -0.4 is 9.04 Å². The van der Waals surface area contributed by atoms with E-state index < -0.39 is 15.9 Å². The Kier molecular flexibility index (Phi) is 6.76. The summed E-state index contributed by atoms with van der Waals surface area (Å²) in [5, 5.41) is 9.78. The van der Waals surface area contributed by atoms with E-state index in [9.17, 15) is 18.5 Å². The number of para-hydroxylation sites is 1. The van der Waals surface area contributed by atoms with Crippen LogP contribution >= 0.6 is 0 Å². The summed E-state index contributed by atoms with van der Waals surface area (Å²) < 4.78 is 33.1. The Morgan fingerprint density at radius 1 is 1.00 bits per heavy atom. The summed E-state index contributed by atoms with van der Waals surface area (Å²) in [5.41, 5.74) is 1.70. The van der Waals surface area contributed by atoms with Gasteiger partial charge in [-0.05, 0) is 55.3 Å². The molecule has 0 heterocycles. The van der Waals surface area contributed by atoms with Crippen molar-refractivity contribution in [3.05, 3.63) is 95.1 Å². The second kappa shape index (κ2) is 9.50. The van der Waals surface area contributed by atoms with Gasteiger partial charge in [-0.3, -0.25) is 4.79 Å². The highest BCUT2D eigenvalue weighted by atomic mass is 32.2. The molecule has 0 spiro atoms. The van der Waals surface area contributed by atoms with Crippen LogP contribution in [-0.4, -0.2) is 21.4 Å². The number of carbonyl (C=O) groups excluding carboxylic acids is 1. The molecule has 0 atom stereocenters. The number of hydrogen-bond donors (Lipinski definition) is 0. The highest BCUT2D eigenvalue weighted by Crippen LogP contribution is 2.30. The number of nitrogens with zero attached hydrogens (tertiary/aromatic N) is 2. The van der Waals surface area contributed by atoms with E-state index in [1.165, 1.54) is 25.3 Å². The summed E-state index contributed by atoms with van der Waals surface area (Å²) in [4.78, 5) is 13.5. The maximum Gasteiger partial charge on any atom is 0.282 e. The molecule has 32 heavy (non-hydrogen) atoms. The van der Waals surface area contributed by atoms with E-state index in [-0.39, 0.29) is 16.2 Å².